The van der Waals surface area contributed by atoms with Crippen molar-refractivity contribution in [1.29, 1.82) is 0 Å². The topological polar surface area (TPSA) is 77.4 Å². The molecule has 0 saturated heterocycles. The lowest BCUT2D eigenvalue weighted by Gasteiger charge is -2.16. The third-order valence-electron chi connectivity index (χ3n) is 2.03. The standard InChI is InChI=1S/C10H20N6O/c1-15(2)9-12-8(7-11-5-6-17)13-10(14-9)16(3)4/h11,17H,5-7H2,1-4H3. The van der Waals surface area contributed by atoms with Gasteiger partial charge in [-0.1, -0.05) is 0 Å². The number of aliphatic hydroxyl groups excluding tert-OH is 1. The first-order valence-corrected chi connectivity index (χ1v) is 5.45. The predicted octanol–water partition coefficient (Wildman–Crippen LogP) is -0.914. The lowest BCUT2D eigenvalue weighted by molar-refractivity contribution is 0.291. The van der Waals surface area contributed by atoms with E-state index >= 15 is 0 Å². The van der Waals surface area contributed by atoms with Crippen molar-refractivity contribution in [1.82, 2.24) is 20.3 Å². The lowest BCUT2D eigenvalue weighted by Crippen LogP contribution is -2.23. The van der Waals surface area contributed by atoms with Crippen molar-refractivity contribution < 1.29 is 5.11 Å². The van der Waals surface area contributed by atoms with Crippen molar-refractivity contribution in [3.05, 3.63) is 5.82 Å². The van der Waals surface area contributed by atoms with Gasteiger partial charge in [-0.15, -0.1) is 0 Å². The van der Waals surface area contributed by atoms with Crippen molar-refractivity contribution in [2.24, 2.45) is 0 Å². The number of anilines is 2. The average molecular weight is 240 g/mol. The van der Waals surface area contributed by atoms with Gasteiger partial charge in [0.15, 0.2) is 0 Å². The van der Waals surface area contributed by atoms with E-state index in [0.717, 1.165) is 0 Å². The summed E-state index contributed by atoms with van der Waals surface area (Å²) in [5.74, 6) is 1.93. The Morgan fingerprint density at radius 3 is 1.94 bits per heavy atom. The fourth-order valence-corrected chi connectivity index (χ4v) is 1.15. The van der Waals surface area contributed by atoms with Crippen LogP contribution in [0, 0.1) is 0 Å². The van der Waals surface area contributed by atoms with E-state index in [-0.39, 0.29) is 6.61 Å². The van der Waals surface area contributed by atoms with Gasteiger partial charge in [0.25, 0.3) is 0 Å². The van der Waals surface area contributed by atoms with Gasteiger partial charge in [0.05, 0.1) is 13.2 Å². The van der Waals surface area contributed by atoms with Crippen LogP contribution in [0.5, 0.6) is 0 Å². The van der Waals surface area contributed by atoms with Crippen molar-refractivity contribution in [3.63, 3.8) is 0 Å². The van der Waals surface area contributed by atoms with Crippen LogP contribution < -0.4 is 15.1 Å². The minimum absolute atomic E-state index is 0.103. The maximum atomic E-state index is 8.70. The number of nitrogens with zero attached hydrogens (tertiary/aromatic N) is 5. The Hall–Kier alpha value is -1.47. The summed E-state index contributed by atoms with van der Waals surface area (Å²) in [5, 5.41) is 11.7. The highest BCUT2D eigenvalue weighted by molar-refractivity contribution is 5.36. The molecule has 0 unspecified atom stereocenters. The van der Waals surface area contributed by atoms with Crippen molar-refractivity contribution in [2.45, 2.75) is 6.54 Å². The van der Waals surface area contributed by atoms with Crippen LogP contribution in [0.4, 0.5) is 11.9 Å². The first-order chi connectivity index (χ1) is 8.04. The molecule has 17 heavy (non-hydrogen) atoms. The largest absolute Gasteiger partial charge is 0.395 e. The Morgan fingerprint density at radius 1 is 1.00 bits per heavy atom. The molecule has 96 valence electrons. The van der Waals surface area contributed by atoms with E-state index in [4.69, 9.17) is 5.11 Å². The first kappa shape index (κ1) is 13.6. The number of nitrogens with one attached hydrogen (secondary N) is 1. The second-order valence-corrected chi connectivity index (χ2v) is 4.04. The Bertz CT molecular complexity index is 328. The molecule has 0 atom stereocenters. The van der Waals surface area contributed by atoms with Crippen LogP contribution in [0.1, 0.15) is 5.82 Å². The van der Waals surface area contributed by atoms with Crippen LogP contribution in [0.15, 0.2) is 0 Å². The highest BCUT2D eigenvalue weighted by Gasteiger charge is 2.08. The van der Waals surface area contributed by atoms with Crippen molar-refractivity contribution in [2.75, 3.05) is 51.1 Å². The van der Waals surface area contributed by atoms with Gasteiger partial charge in [0.1, 0.15) is 5.82 Å². The molecule has 0 radical (unpaired) electrons. The van der Waals surface area contributed by atoms with E-state index in [0.29, 0.717) is 30.8 Å². The summed E-state index contributed by atoms with van der Waals surface area (Å²) in [6, 6.07) is 0. The van der Waals surface area contributed by atoms with E-state index in [1.807, 2.05) is 38.0 Å². The third kappa shape index (κ3) is 4.12. The molecule has 7 nitrogen and oxygen atoms in total. The fraction of sp³-hybridized carbons (Fsp3) is 0.700. The minimum atomic E-state index is 0.103. The van der Waals surface area contributed by atoms with Crippen molar-refractivity contribution in [3.8, 4) is 0 Å². The normalized spacial score (nSPS) is 10.4. The number of hydrogen-bond acceptors (Lipinski definition) is 7. The molecule has 0 spiro atoms. The van der Waals surface area contributed by atoms with Crippen LogP contribution in [-0.2, 0) is 6.54 Å². The highest BCUT2D eigenvalue weighted by Crippen LogP contribution is 2.09. The van der Waals surface area contributed by atoms with Crippen LogP contribution in [0.3, 0.4) is 0 Å². The van der Waals surface area contributed by atoms with Crippen LogP contribution >= 0.6 is 0 Å². The van der Waals surface area contributed by atoms with E-state index in [2.05, 4.69) is 20.3 Å². The highest BCUT2D eigenvalue weighted by atomic mass is 16.3. The summed E-state index contributed by atoms with van der Waals surface area (Å²) < 4.78 is 0. The smallest absolute Gasteiger partial charge is 0.229 e. The molecule has 0 bridgehead atoms. The number of aliphatic hydroxyl groups is 1. The summed E-state index contributed by atoms with van der Waals surface area (Å²) >= 11 is 0. The molecule has 1 rings (SSSR count). The second kappa shape index (κ2) is 6.31. The van der Waals surface area contributed by atoms with Gasteiger partial charge < -0.3 is 20.2 Å². The summed E-state index contributed by atoms with van der Waals surface area (Å²) in [5.41, 5.74) is 0. The molecule has 0 fully saturated rings. The SMILES string of the molecule is CN(C)c1nc(CNCCO)nc(N(C)C)n1. The zero-order valence-electron chi connectivity index (χ0n) is 10.8. The summed E-state index contributed by atoms with van der Waals surface area (Å²) in [6.45, 7) is 1.15. The summed E-state index contributed by atoms with van der Waals surface area (Å²) in [6.07, 6.45) is 0. The summed E-state index contributed by atoms with van der Waals surface area (Å²) in [7, 11) is 7.55. The number of rotatable bonds is 6. The Kier molecular flexibility index (Phi) is 5.05. The van der Waals surface area contributed by atoms with Gasteiger partial charge in [-0.25, -0.2) is 0 Å². The molecule has 1 heterocycles. The van der Waals surface area contributed by atoms with E-state index in [1.165, 1.54) is 0 Å². The number of aromatic nitrogens is 3. The molecule has 7 heteroatoms. The first-order valence-electron chi connectivity index (χ1n) is 5.45. The molecule has 0 aliphatic carbocycles. The summed E-state index contributed by atoms with van der Waals surface area (Å²) in [4.78, 5) is 16.6. The molecular formula is C10H20N6O. The molecule has 0 aromatic carbocycles. The van der Waals surface area contributed by atoms with Crippen LogP contribution in [-0.4, -0.2) is 61.4 Å². The van der Waals surface area contributed by atoms with Gasteiger partial charge in [-0.05, 0) is 0 Å². The molecule has 0 aliphatic heterocycles. The maximum Gasteiger partial charge on any atom is 0.229 e. The molecule has 1 aromatic rings. The quantitative estimate of drug-likeness (QED) is 0.623. The lowest BCUT2D eigenvalue weighted by atomic mass is 10.5. The maximum absolute atomic E-state index is 8.70. The van der Waals surface area contributed by atoms with Crippen LogP contribution in [0.2, 0.25) is 0 Å². The van der Waals surface area contributed by atoms with E-state index in [1.54, 1.807) is 0 Å². The van der Waals surface area contributed by atoms with Gasteiger partial charge in [-0.2, -0.15) is 15.0 Å². The van der Waals surface area contributed by atoms with Crippen LogP contribution in [0.25, 0.3) is 0 Å². The second-order valence-electron chi connectivity index (χ2n) is 4.04. The molecule has 0 saturated carbocycles. The Morgan fingerprint density at radius 2 is 1.53 bits per heavy atom. The molecule has 2 N–H and O–H groups in total. The van der Waals surface area contributed by atoms with Gasteiger partial charge in [0.2, 0.25) is 11.9 Å². The average Bonchev–Trinajstić information content (AvgIpc) is 2.29. The van der Waals surface area contributed by atoms with Crippen molar-refractivity contribution >= 4 is 11.9 Å². The monoisotopic (exact) mass is 240 g/mol. The molecule has 0 amide bonds. The van der Waals surface area contributed by atoms with E-state index in [9.17, 15) is 0 Å². The zero-order chi connectivity index (χ0) is 12.8. The van der Waals surface area contributed by atoms with Gasteiger partial charge in [-0.3, -0.25) is 0 Å². The Labute approximate surface area is 102 Å². The third-order valence-corrected chi connectivity index (χ3v) is 2.03. The number of hydrogen-bond donors (Lipinski definition) is 2. The van der Waals surface area contributed by atoms with Gasteiger partial charge >= 0.3 is 0 Å². The molecule has 1 aromatic heterocycles. The molecule has 0 aliphatic rings. The predicted molar refractivity (Wildman–Crippen MR) is 67.3 cm³/mol. The fourth-order valence-electron chi connectivity index (χ4n) is 1.15. The minimum Gasteiger partial charge on any atom is -0.395 e. The Balaban J connectivity index is 2.88. The van der Waals surface area contributed by atoms with Gasteiger partial charge in [0, 0.05) is 34.7 Å². The molecular weight excluding hydrogens is 220 g/mol. The van der Waals surface area contributed by atoms with E-state index < -0.39 is 0 Å². The zero-order valence-corrected chi connectivity index (χ0v) is 10.8.